The van der Waals surface area contributed by atoms with Crippen molar-refractivity contribution in [2.75, 3.05) is 23.3 Å². The Bertz CT molecular complexity index is 582. The summed E-state index contributed by atoms with van der Waals surface area (Å²) in [6.45, 7) is 2.10. The van der Waals surface area contributed by atoms with Gasteiger partial charge in [0.2, 0.25) is 0 Å². The SMILES string of the molecule is Cn1cc(N2CCCC(Nc3cncc(Br)c3)C2)cn1. The van der Waals surface area contributed by atoms with E-state index in [9.17, 15) is 0 Å². The first-order chi connectivity index (χ1) is 9.70. The van der Waals surface area contributed by atoms with Crippen molar-refractivity contribution in [1.29, 1.82) is 0 Å². The third kappa shape index (κ3) is 3.12. The summed E-state index contributed by atoms with van der Waals surface area (Å²) in [5.41, 5.74) is 2.27. The van der Waals surface area contributed by atoms with E-state index in [2.05, 4.69) is 48.5 Å². The first-order valence-electron chi connectivity index (χ1n) is 6.81. The van der Waals surface area contributed by atoms with E-state index in [0.717, 1.165) is 23.2 Å². The summed E-state index contributed by atoms with van der Waals surface area (Å²) in [5.74, 6) is 0. The minimum absolute atomic E-state index is 0.444. The van der Waals surface area contributed by atoms with Gasteiger partial charge in [-0.05, 0) is 34.8 Å². The standard InChI is InChI=1S/C14H18BrN5/c1-19-10-14(8-17-19)20-4-2-3-12(9-20)18-13-5-11(15)6-16-7-13/h5-8,10,12,18H,2-4,9H2,1H3. The number of aromatic nitrogens is 3. The van der Waals surface area contributed by atoms with E-state index >= 15 is 0 Å². The Balaban J connectivity index is 1.66. The smallest absolute Gasteiger partial charge is 0.0753 e. The second-order valence-corrected chi connectivity index (χ2v) is 6.11. The number of rotatable bonds is 3. The molecule has 2 aromatic rings. The molecular weight excluding hydrogens is 318 g/mol. The molecule has 0 saturated carbocycles. The molecule has 0 bridgehead atoms. The fraction of sp³-hybridized carbons (Fsp3) is 0.429. The van der Waals surface area contributed by atoms with Crippen LogP contribution in [0, 0.1) is 0 Å². The van der Waals surface area contributed by atoms with Gasteiger partial charge in [-0.25, -0.2) is 0 Å². The van der Waals surface area contributed by atoms with Gasteiger partial charge in [-0.1, -0.05) is 0 Å². The zero-order valence-corrected chi connectivity index (χ0v) is 13.0. The molecule has 1 fully saturated rings. The zero-order valence-electron chi connectivity index (χ0n) is 11.5. The summed E-state index contributed by atoms with van der Waals surface area (Å²) >= 11 is 3.45. The average molecular weight is 336 g/mol. The lowest BCUT2D eigenvalue weighted by Gasteiger charge is -2.34. The van der Waals surface area contributed by atoms with Crippen molar-refractivity contribution in [3.05, 3.63) is 35.3 Å². The molecule has 1 N–H and O–H groups in total. The molecule has 6 heteroatoms. The largest absolute Gasteiger partial charge is 0.379 e. The number of nitrogens with zero attached hydrogens (tertiary/aromatic N) is 4. The molecular formula is C14H18BrN5. The van der Waals surface area contributed by atoms with Gasteiger partial charge in [-0.2, -0.15) is 5.10 Å². The summed E-state index contributed by atoms with van der Waals surface area (Å²) in [4.78, 5) is 6.58. The number of nitrogens with one attached hydrogen (secondary N) is 1. The minimum atomic E-state index is 0.444. The van der Waals surface area contributed by atoms with Crippen molar-refractivity contribution in [3.63, 3.8) is 0 Å². The topological polar surface area (TPSA) is 46.0 Å². The Morgan fingerprint density at radius 2 is 2.25 bits per heavy atom. The van der Waals surface area contributed by atoms with Gasteiger partial charge < -0.3 is 10.2 Å². The maximum absolute atomic E-state index is 4.25. The highest BCUT2D eigenvalue weighted by molar-refractivity contribution is 9.10. The van der Waals surface area contributed by atoms with Gasteiger partial charge >= 0.3 is 0 Å². The Kier molecular flexibility index (Phi) is 3.91. The predicted molar refractivity (Wildman–Crippen MR) is 84.0 cm³/mol. The maximum Gasteiger partial charge on any atom is 0.0753 e. The molecule has 106 valence electrons. The molecule has 0 spiro atoms. The number of halogens is 1. The van der Waals surface area contributed by atoms with Gasteiger partial charge in [0.25, 0.3) is 0 Å². The van der Waals surface area contributed by atoms with Crippen molar-refractivity contribution >= 4 is 27.3 Å². The highest BCUT2D eigenvalue weighted by atomic mass is 79.9. The highest BCUT2D eigenvalue weighted by Crippen LogP contribution is 2.22. The van der Waals surface area contributed by atoms with Crippen LogP contribution in [0.15, 0.2) is 35.3 Å². The normalized spacial score (nSPS) is 19.1. The van der Waals surface area contributed by atoms with E-state index in [1.54, 1.807) is 6.20 Å². The summed E-state index contributed by atoms with van der Waals surface area (Å²) < 4.78 is 2.85. The van der Waals surface area contributed by atoms with Crippen molar-refractivity contribution < 1.29 is 0 Å². The van der Waals surface area contributed by atoms with Crippen LogP contribution in [-0.2, 0) is 7.05 Å². The van der Waals surface area contributed by atoms with Crippen molar-refractivity contribution in [3.8, 4) is 0 Å². The van der Waals surface area contributed by atoms with Crippen LogP contribution in [0.3, 0.4) is 0 Å². The molecule has 0 amide bonds. The van der Waals surface area contributed by atoms with E-state index in [4.69, 9.17) is 0 Å². The van der Waals surface area contributed by atoms with E-state index in [1.165, 1.54) is 18.5 Å². The number of anilines is 2. The molecule has 0 radical (unpaired) electrons. The second-order valence-electron chi connectivity index (χ2n) is 5.19. The summed E-state index contributed by atoms with van der Waals surface area (Å²) in [6.07, 6.45) is 10.0. The van der Waals surface area contributed by atoms with Gasteiger partial charge in [-0.15, -0.1) is 0 Å². The van der Waals surface area contributed by atoms with E-state index < -0.39 is 0 Å². The molecule has 5 nitrogen and oxygen atoms in total. The molecule has 1 aliphatic rings. The lowest BCUT2D eigenvalue weighted by molar-refractivity contribution is 0.530. The third-order valence-electron chi connectivity index (χ3n) is 3.55. The van der Waals surface area contributed by atoms with Crippen LogP contribution in [0.25, 0.3) is 0 Å². The lowest BCUT2D eigenvalue weighted by Crippen LogP contribution is -2.42. The second kappa shape index (κ2) is 5.83. The van der Waals surface area contributed by atoms with Crippen LogP contribution < -0.4 is 10.2 Å². The molecule has 1 atom stereocenters. The quantitative estimate of drug-likeness (QED) is 0.936. The molecule has 3 heterocycles. The molecule has 20 heavy (non-hydrogen) atoms. The van der Waals surface area contributed by atoms with Crippen LogP contribution in [0.4, 0.5) is 11.4 Å². The Morgan fingerprint density at radius 1 is 1.35 bits per heavy atom. The summed E-state index contributed by atoms with van der Waals surface area (Å²) in [5, 5.41) is 7.82. The molecule has 0 aliphatic carbocycles. The number of hydrogen-bond donors (Lipinski definition) is 1. The monoisotopic (exact) mass is 335 g/mol. The molecule has 1 unspecified atom stereocenters. The van der Waals surface area contributed by atoms with Crippen molar-refractivity contribution in [2.45, 2.75) is 18.9 Å². The lowest BCUT2D eigenvalue weighted by atomic mass is 10.1. The Labute approximate surface area is 127 Å². The fourth-order valence-corrected chi connectivity index (χ4v) is 2.99. The van der Waals surface area contributed by atoms with E-state index in [0.29, 0.717) is 6.04 Å². The molecule has 0 aromatic carbocycles. The average Bonchev–Trinajstić information content (AvgIpc) is 2.86. The number of pyridine rings is 1. The van der Waals surface area contributed by atoms with Crippen LogP contribution in [0.2, 0.25) is 0 Å². The first kappa shape index (κ1) is 13.4. The van der Waals surface area contributed by atoms with Gasteiger partial charge in [0.05, 0.1) is 23.8 Å². The van der Waals surface area contributed by atoms with E-state index in [-0.39, 0.29) is 0 Å². The third-order valence-corrected chi connectivity index (χ3v) is 3.99. The van der Waals surface area contributed by atoms with Crippen molar-refractivity contribution in [1.82, 2.24) is 14.8 Å². The minimum Gasteiger partial charge on any atom is -0.379 e. The van der Waals surface area contributed by atoms with Crippen LogP contribution in [0.1, 0.15) is 12.8 Å². The van der Waals surface area contributed by atoms with Gasteiger partial charge in [0.15, 0.2) is 0 Å². The van der Waals surface area contributed by atoms with Crippen molar-refractivity contribution in [2.24, 2.45) is 7.05 Å². The van der Waals surface area contributed by atoms with Gasteiger partial charge in [0.1, 0.15) is 0 Å². The number of aryl methyl sites for hydroxylation is 1. The van der Waals surface area contributed by atoms with Crippen LogP contribution in [-0.4, -0.2) is 33.9 Å². The number of piperidine rings is 1. The van der Waals surface area contributed by atoms with Crippen LogP contribution >= 0.6 is 15.9 Å². The van der Waals surface area contributed by atoms with E-state index in [1.807, 2.05) is 24.1 Å². The van der Waals surface area contributed by atoms with Gasteiger partial charge in [0, 0.05) is 43.0 Å². The first-order valence-corrected chi connectivity index (χ1v) is 7.61. The van der Waals surface area contributed by atoms with Gasteiger partial charge in [-0.3, -0.25) is 9.67 Å². The van der Waals surface area contributed by atoms with Crippen LogP contribution in [0.5, 0.6) is 0 Å². The maximum atomic E-state index is 4.25. The number of hydrogen-bond acceptors (Lipinski definition) is 4. The highest BCUT2D eigenvalue weighted by Gasteiger charge is 2.20. The Hall–Kier alpha value is -1.56. The zero-order chi connectivity index (χ0) is 13.9. The molecule has 2 aromatic heterocycles. The predicted octanol–water partition coefficient (Wildman–Crippen LogP) is 2.66. The molecule has 3 rings (SSSR count). The molecule has 1 aliphatic heterocycles. The summed E-state index contributed by atoms with van der Waals surface area (Å²) in [7, 11) is 1.95. The summed E-state index contributed by atoms with van der Waals surface area (Å²) in [6, 6.07) is 2.51. The molecule has 1 saturated heterocycles. The fourth-order valence-electron chi connectivity index (χ4n) is 2.63. The Morgan fingerprint density at radius 3 is 3.00 bits per heavy atom.